The Morgan fingerprint density at radius 2 is 1.24 bits per heavy atom. The van der Waals surface area contributed by atoms with Crippen LogP contribution in [0.5, 0.6) is 23.0 Å². The molecule has 0 unspecified atom stereocenters. The molecule has 0 radical (unpaired) electrons. The lowest BCUT2D eigenvalue weighted by atomic mass is 9.94. The second-order valence-corrected chi connectivity index (χ2v) is 8.17. The summed E-state index contributed by atoms with van der Waals surface area (Å²) in [5, 5.41) is 0. The van der Waals surface area contributed by atoms with Crippen LogP contribution in [0.4, 0.5) is 0 Å². The molecular formula is C28H30O6. The molecule has 4 rings (SSSR count). The maximum absolute atomic E-state index is 11.7. The van der Waals surface area contributed by atoms with E-state index in [-0.39, 0.29) is 5.97 Å². The molecule has 1 aliphatic heterocycles. The minimum absolute atomic E-state index is 0.324. The summed E-state index contributed by atoms with van der Waals surface area (Å²) in [5.74, 6) is 2.85. The molecule has 0 saturated carbocycles. The van der Waals surface area contributed by atoms with Crippen molar-refractivity contribution >= 4 is 5.97 Å². The van der Waals surface area contributed by atoms with Crippen LogP contribution in [-0.4, -0.2) is 40.5 Å². The number of esters is 1. The van der Waals surface area contributed by atoms with Gasteiger partial charge in [-0.25, -0.2) is 4.79 Å². The third kappa shape index (κ3) is 5.63. The van der Waals surface area contributed by atoms with E-state index in [1.807, 2.05) is 42.5 Å². The molecule has 0 atom stereocenters. The summed E-state index contributed by atoms with van der Waals surface area (Å²) in [4.78, 5) is 11.7. The van der Waals surface area contributed by atoms with Crippen LogP contribution in [-0.2, 0) is 30.4 Å². The lowest BCUT2D eigenvalue weighted by Gasteiger charge is -2.21. The van der Waals surface area contributed by atoms with Gasteiger partial charge in [-0.3, -0.25) is 0 Å². The molecule has 0 aliphatic carbocycles. The highest BCUT2D eigenvalue weighted by Crippen LogP contribution is 2.34. The molecule has 0 bridgehead atoms. The maximum atomic E-state index is 11.7. The van der Waals surface area contributed by atoms with Crippen LogP contribution in [0.2, 0.25) is 0 Å². The number of aryl methyl sites for hydroxylation is 4. The quantitative estimate of drug-likeness (QED) is 0.425. The largest absolute Gasteiger partial charge is 0.497 e. The Morgan fingerprint density at radius 1 is 0.706 bits per heavy atom. The molecule has 0 spiro atoms. The van der Waals surface area contributed by atoms with Gasteiger partial charge < -0.3 is 23.7 Å². The summed E-state index contributed by atoms with van der Waals surface area (Å²) < 4.78 is 27.3. The zero-order chi connectivity index (χ0) is 23.9. The van der Waals surface area contributed by atoms with Gasteiger partial charge in [0.1, 0.15) is 24.7 Å². The third-order valence-corrected chi connectivity index (χ3v) is 6.02. The minimum atomic E-state index is -0.324. The van der Waals surface area contributed by atoms with Crippen molar-refractivity contribution in [1.29, 1.82) is 0 Å². The number of benzene rings is 3. The van der Waals surface area contributed by atoms with Gasteiger partial charge in [-0.15, -0.1) is 0 Å². The summed E-state index contributed by atoms with van der Waals surface area (Å²) in [6, 6.07) is 17.8. The average molecular weight is 463 g/mol. The highest BCUT2D eigenvalue weighted by molar-refractivity contribution is 5.89. The Bertz CT molecular complexity index is 1110. The Labute approximate surface area is 200 Å². The molecule has 0 N–H and O–H groups in total. The molecule has 178 valence electrons. The zero-order valence-corrected chi connectivity index (χ0v) is 19.9. The van der Waals surface area contributed by atoms with E-state index >= 15 is 0 Å². The van der Waals surface area contributed by atoms with Crippen molar-refractivity contribution in [1.82, 2.24) is 0 Å². The van der Waals surface area contributed by atoms with E-state index in [1.54, 1.807) is 14.2 Å². The summed E-state index contributed by atoms with van der Waals surface area (Å²) in [6.07, 6.45) is 3.39. The summed E-state index contributed by atoms with van der Waals surface area (Å²) >= 11 is 0. The Kier molecular flexibility index (Phi) is 7.58. The van der Waals surface area contributed by atoms with E-state index in [1.165, 1.54) is 18.2 Å². The molecule has 0 saturated heterocycles. The molecule has 1 heterocycles. The van der Waals surface area contributed by atoms with Gasteiger partial charge in [-0.1, -0.05) is 12.1 Å². The van der Waals surface area contributed by atoms with E-state index in [2.05, 4.69) is 12.1 Å². The van der Waals surface area contributed by atoms with Gasteiger partial charge in [0.2, 0.25) is 0 Å². The summed E-state index contributed by atoms with van der Waals surface area (Å²) in [6.45, 7) is 1.12. The molecule has 3 aromatic carbocycles. The number of carbonyl (C=O) groups is 1. The Balaban J connectivity index is 1.53. The third-order valence-electron chi connectivity index (χ3n) is 6.02. The number of hydrogen-bond donors (Lipinski definition) is 0. The first-order valence-corrected chi connectivity index (χ1v) is 11.4. The highest BCUT2D eigenvalue weighted by atomic mass is 16.6. The lowest BCUT2D eigenvalue weighted by molar-refractivity contribution is 0.0600. The molecule has 3 aromatic rings. The van der Waals surface area contributed by atoms with Crippen molar-refractivity contribution in [3.8, 4) is 23.0 Å². The molecule has 6 heteroatoms. The monoisotopic (exact) mass is 462 g/mol. The van der Waals surface area contributed by atoms with Crippen LogP contribution < -0.4 is 18.9 Å². The molecule has 0 fully saturated rings. The normalized spacial score (nSPS) is 12.2. The molecule has 6 nitrogen and oxygen atoms in total. The van der Waals surface area contributed by atoms with Gasteiger partial charge in [0, 0.05) is 6.07 Å². The topological polar surface area (TPSA) is 63.2 Å². The molecule has 0 amide bonds. The Hall–Kier alpha value is -3.67. The average Bonchev–Trinajstić information content (AvgIpc) is 2.89. The van der Waals surface area contributed by atoms with Crippen LogP contribution in [0.15, 0.2) is 54.6 Å². The van der Waals surface area contributed by atoms with Gasteiger partial charge in [0.15, 0.2) is 11.5 Å². The summed E-state index contributed by atoms with van der Waals surface area (Å²) in [5.41, 5.74) is 5.33. The maximum Gasteiger partial charge on any atom is 0.337 e. The van der Waals surface area contributed by atoms with E-state index < -0.39 is 0 Å². The van der Waals surface area contributed by atoms with E-state index in [4.69, 9.17) is 23.7 Å². The number of rotatable bonds is 9. The van der Waals surface area contributed by atoms with Crippen molar-refractivity contribution in [2.75, 3.05) is 34.5 Å². The van der Waals surface area contributed by atoms with Gasteiger partial charge in [0.05, 0.1) is 26.9 Å². The first-order valence-electron chi connectivity index (χ1n) is 11.4. The number of carbonyl (C=O) groups excluding carboxylic acids is 1. The first-order chi connectivity index (χ1) is 16.6. The number of methoxy groups -OCH3 is 3. The van der Waals surface area contributed by atoms with E-state index in [0.717, 1.165) is 59.8 Å². The van der Waals surface area contributed by atoms with Crippen LogP contribution >= 0.6 is 0 Å². The summed E-state index contributed by atoms with van der Waals surface area (Å²) in [7, 11) is 4.71. The highest BCUT2D eigenvalue weighted by Gasteiger charge is 2.16. The number of ether oxygens (including phenoxy) is 5. The fourth-order valence-corrected chi connectivity index (χ4v) is 4.13. The predicted octanol–water partition coefficient (Wildman–Crippen LogP) is 4.83. The van der Waals surface area contributed by atoms with Crippen molar-refractivity contribution in [3.63, 3.8) is 0 Å². The van der Waals surface area contributed by atoms with Gasteiger partial charge in [-0.2, -0.15) is 0 Å². The predicted molar refractivity (Wildman–Crippen MR) is 130 cm³/mol. The van der Waals surface area contributed by atoms with Crippen LogP contribution in [0.25, 0.3) is 0 Å². The van der Waals surface area contributed by atoms with E-state index in [9.17, 15) is 4.79 Å². The molecule has 34 heavy (non-hydrogen) atoms. The SMILES string of the molecule is COC(=O)c1ccc(CCc2cc3c(cc2CCc2cc(OC)cc(OC)c2)OCCO3)cc1. The van der Waals surface area contributed by atoms with Crippen LogP contribution in [0.3, 0.4) is 0 Å². The second-order valence-electron chi connectivity index (χ2n) is 8.17. The van der Waals surface area contributed by atoms with E-state index in [0.29, 0.717) is 18.8 Å². The zero-order valence-electron chi connectivity index (χ0n) is 19.9. The van der Waals surface area contributed by atoms with Gasteiger partial charge in [0.25, 0.3) is 0 Å². The number of fused-ring (bicyclic) bond motifs is 1. The fourth-order valence-electron chi connectivity index (χ4n) is 4.13. The molecule has 1 aliphatic rings. The second kappa shape index (κ2) is 11.0. The minimum Gasteiger partial charge on any atom is -0.497 e. The number of hydrogen-bond acceptors (Lipinski definition) is 6. The molecule has 0 aromatic heterocycles. The first kappa shape index (κ1) is 23.5. The standard InChI is InChI=1S/C28H30O6/c1-30-24-14-20(15-25(18-24)31-2)7-11-23-17-27-26(33-12-13-34-27)16-22(23)10-6-19-4-8-21(9-5-19)28(29)32-3/h4-5,8-9,14-18H,6-7,10-13H2,1-3H3. The Morgan fingerprint density at radius 3 is 1.74 bits per heavy atom. The van der Waals surface area contributed by atoms with Gasteiger partial charge in [-0.05, 0) is 84.3 Å². The van der Waals surface area contributed by atoms with Crippen molar-refractivity contribution in [2.45, 2.75) is 25.7 Å². The van der Waals surface area contributed by atoms with Crippen LogP contribution in [0, 0.1) is 0 Å². The van der Waals surface area contributed by atoms with Crippen molar-refractivity contribution in [2.24, 2.45) is 0 Å². The smallest absolute Gasteiger partial charge is 0.337 e. The van der Waals surface area contributed by atoms with Crippen molar-refractivity contribution in [3.05, 3.63) is 82.4 Å². The van der Waals surface area contributed by atoms with Crippen LogP contribution in [0.1, 0.15) is 32.6 Å². The van der Waals surface area contributed by atoms with Crippen molar-refractivity contribution < 1.29 is 28.5 Å². The van der Waals surface area contributed by atoms with Gasteiger partial charge >= 0.3 is 5.97 Å². The fraction of sp³-hybridized carbons (Fsp3) is 0.321. The molecular weight excluding hydrogens is 432 g/mol. The lowest BCUT2D eigenvalue weighted by Crippen LogP contribution is -2.16.